The van der Waals surface area contributed by atoms with Crippen molar-refractivity contribution in [2.24, 2.45) is 0 Å². The molecule has 0 aromatic carbocycles. The van der Waals surface area contributed by atoms with Gasteiger partial charge >= 0.3 is 0 Å². The van der Waals surface area contributed by atoms with Gasteiger partial charge in [0.2, 0.25) is 5.88 Å². The van der Waals surface area contributed by atoms with Crippen molar-refractivity contribution in [3.05, 3.63) is 24.0 Å². The van der Waals surface area contributed by atoms with Gasteiger partial charge in [-0.2, -0.15) is 9.67 Å². The van der Waals surface area contributed by atoms with Gasteiger partial charge in [0.05, 0.1) is 13.7 Å². The van der Waals surface area contributed by atoms with Gasteiger partial charge in [-0.3, -0.25) is 0 Å². The van der Waals surface area contributed by atoms with Crippen molar-refractivity contribution in [3.8, 4) is 11.7 Å². The molecule has 0 radical (unpaired) electrons. The highest BCUT2D eigenvalue weighted by Gasteiger charge is 2.29. The van der Waals surface area contributed by atoms with Crippen LogP contribution in [0.15, 0.2) is 18.5 Å². The Hall–Kier alpha value is -2.02. The molecule has 1 aliphatic rings. The Morgan fingerprint density at radius 1 is 1.50 bits per heavy atom. The normalized spacial score (nSPS) is 18.4. The molecule has 0 aliphatic carbocycles. The minimum Gasteiger partial charge on any atom is -0.481 e. The van der Waals surface area contributed by atoms with Gasteiger partial charge in [0, 0.05) is 5.56 Å². The number of methoxy groups -OCH3 is 1. The van der Waals surface area contributed by atoms with Crippen molar-refractivity contribution in [1.82, 2.24) is 25.2 Å². The van der Waals surface area contributed by atoms with Crippen LogP contribution < -0.4 is 4.74 Å². The van der Waals surface area contributed by atoms with E-state index in [1.807, 2.05) is 12.1 Å². The van der Waals surface area contributed by atoms with Crippen LogP contribution in [0.2, 0.25) is 0 Å². The zero-order valence-corrected chi connectivity index (χ0v) is 8.57. The third-order valence-electron chi connectivity index (χ3n) is 2.33. The van der Waals surface area contributed by atoms with Crippen molar-refractivity contribution >= 4 is 0 Å². The lowest BCUT2D eigenvalue weighted by Gasteiger charge is -2.06. The maximum atomic E-state index is 5.21. The van der Waals surface area contributed by atoms with Crippen LogP contribution in [0, 0.1) is 0 Å². The highest BCUT2D eigenvalue weighted by atomic mass is 16.6. The molecule has 0 amide bonds. The molecule has 7 nitrogen and oxygen atoms in total. The van der Waals surface area contributed by atoms with E-state index in [1.165, 1.54) is 11.0 Å². The lowest BCUT2D eigenvalue weighted by Crippen LogP contribution is -2.02. The van der Waals surface area contributed by atoms with Crippen LogP contribution in [0.5, 0.6) is 5.88 Å². The monoisotopic (exact) mass is 219 g/mol. The Balaban J connectivity index is 2.02. The molecule has 0 N–H and O–H groups in total. The predicted octanol–water partition coefficient (Wildman–Crippen LogP) is 0.137. The van der Waals surface area contributed by atoms with Crippen molar-refractivity contribution < 1.29 is 9.47 Å². The first-order chi connectivity index (χ1) is 7.88. The summed E-state index contributed by atoms with van der Waals surface area (Å²) in [5.74, 6) is 1.17. The Bertz CT molecular complexity index is 495. The van der Waals surface area contributed by atoms with E-state index in [0.29, 0.717) is 11.7 Å². The summed E-state index contributed by atoms with van der Waals surface area (Å²) in [4.78, 5) is 4.31. The van der Waals surface area contributed by atoms with Gasteiger partial charge in [-0.15, -0.1) is 5.10 Å². The van der Waals surface area contributed by atoms with Crippen LogP contribution in [0.25, 0.3) is 5.82 Å². The second-order valence-electron chi connectivity index (χ2n) is 3.34. The molecule has 0 saturated carbocycles. The standard InChI is InChI=1S/C9H9N5O2/c1-15-9-6(7-4-16-7)2-3-8(11-9)14-5-10-12-13-14/h2-3,5,7H,4H2,1H3. The molecule has 0 spiro atoms. The number of aromatic nitrogens is 5. The first kappa shape index (κ1) is 9.22. The molecule has 1 unspecified atom stereocenters. The largest absolute Gasteiger partial charge is 0.481 e. The molecule has 1 saturated heterocycles. The summed E-state index contributed by atoms with van der Waals surface area (Å²) in [5.41, 5.74) is 0.958. The SMILES string of the molecule is COc1nc(-n2cnnn2)ccc1C1CO1. The molecule has 2 aromatic rings. The molecule has 1 atom stereocenters. The maximum absolute atomic E-state index is 5.21. The van der Waals surface area contributed by atoms with Gasteiger partial charge in [0.25, 0.3) is 0 Å². The van der Waals surface area contributed by atoms with Crippen molar-refractivity contribution in [2.75, 3.05) is 13.7 Å². The minimum atomic E-state index is 0.116. The summed E-state index contributed by atoms with van der Waals surface area (Å²) in [6.45, 7) is 0.724. The van der Waals surface area contributed by atoms with E-state index >= 15 is 0 Å². The second-order valence-corrected chi connectivity index (χ2v) is 3.34. The van der Waals surface area contributed by atoms with E-state index < -0.39 is 0 Å². The van der Waals surface area contributed by atoms with Crippen LogP contribution in [0.1, 0.15) is 11.7 Å². The molecule has 16 heavy (non-hydrogen) atoms. The van der Waals surface area contributed by atoms with Gasteiger partial charge in [0.15, 0.2) is 5.82 Å². The Labute approximate surface area is 91.0 Å². The molecule has 3 rings (SSSR count). The highest BCUT2D eigenvalue weighted by molar-refractivity contribution is 5.36. The number of pyridine rings is 1. The third-order valence-corrected chi connectivity index (χ3v) is 2.33. The number of nitrogens with zero attached hydrogens (tertiary/aromatic N) is 5. The van der Waals surface area contributed by atoms with E-state index in [-0.39, 0.29) is 6.10 Å². The molecule has 7 heteroatoms. The smallest absolute Gasteiger partial charge is 0.221 e. The molecular weight excluding hydrogens is 210 g/mol. The van der Waals surface area contributed by atoms with E-state index in [9.17, 15) is 0 Å². The van der Waals surface area contributed by atoms with E-state index in [2.05, 4.69) is 20.5 Å². The number of tetrazole rings is 1. The minimum absolute atomic E-state index is 0.116. The number of hydrogen-bond donors (Lipinski definition) is 0. The highest BCUT2D eigenvalue weighted by Crippen LogP contribution is 2.35. The second kappa shape index (κ2) is 3.53. The number of rotatable bonds is 3. The predicted molar refractivity (Wildman–Crippen MR) is 52.2 cm³/mol. The quantitative estimate of drug-likeness (QED) is 0.683. The lowest BCUT2D eigenvalue weighted by molar-refractivity contribution is 0.371. The molecular formula is C9H9N5O2. The summed E-state index contributed by atoms with van der Waals surface area (Å²) in [7, 11) is 1.58. The fourth-order valence-electron chi connectivity index (χ4n) is 1.47. The summed E-state index contributed by atoms with van der Waals surface area (Å²) < 4.78 is 11.9. The first-order valence-corrected chi connectivity index (χ1v) is 4.78. The zero-order valence-electron chi connectivity index (χ0n) is 8.57. The average molecular weight is 219 g/mol. The molecule has 1 aliphatic heterocycles. The summed E-state index contributed by atoms with van der Waals surface area (Å²) in [6, 6.07) is 3.75. The molecule has 1 fully saturated rings. The Morgan fingerprint density at radius 2 is 2.38 bits per heavy atom. The van der Waals surface area contributed by atoms with Crippen molar-refractivity contribution in [2.45, 2.75) is 6.10 Å². The fourth-order valence-corrected chi connectivity index (χ4v) is 1.47. The molecule has 2 aromatic heterocycles. The third kappa shape index (κ3) is 1.50. The van der Waals surface area contributed by atoms with Gasteiger partial charge in [0.1, 0.15) is 12.4 Å². The number of epoxide rings is 1. The lowest BCUT2D eigenvalue weighted by atomic mass is 10.2. The Morgan fingerprint density at radius 3 is 3.00 bits per heavy atom. The maximum Gasteiger partial charge on any atom is 0.221 e. The average Bonchev–Trinajstić information content (AvgIpc) is 3.03. The topological polar surface area (TPSA) is 78.2 Å². The van der Waals surface area contributed by atoms with Crippen LogP contribution in [0.3, 0.4) is 0 Å². The summed E-state index contributed by atoms with van der Waals surface area (Å²) in [5, 5.41) is 10.9. The summed E-state index contributed by atoms with van der Waals surface area (Å²) >= 11 is 0. The van der Waals surface area contributed by atoms with E-state index in [0.717, 1.165) is 12.2 Å². The first-order valence-electron chi connectivity index (χ1n) is 4.78. The Kier molecular flexibility index (Phi) is 2.03. The molecule has 3 heterocycles. The van der Waals surface area contributed by atoms with Crippen LogP contribution in [0.4, 0.5) is 0 Å². The molecule has 0 bridgehead atoms. The van der Waals surface area contributed by atoms with Gasteiger partial charge in [-0.1, -0.05) is 0 Å². The zero-order chi connectivity index (χ0) is 11.0. The van der Waals surface area contributed by atoms with Gasteiger partial charge in [-0.25, -0.2) is 0 Å². The number of ether oxygens (including phenoxy) is 2. The summed E-state index contributed by atoms with van der Waals surface area (Å²) in [6.07, 6.45) is 1.60. The van der Waals surface area contributed by atoms with E-state index in [4.69, 9.17) is 9.47 Å². The van der Waals surface area contributed by atoms with Crippen molar-refractivity contribution in [1.29, 1.82) is 0 Å². The van der Waals surface area contributed by atoms with Crippen LogP contribution in [-0.4, -0.2) is 38.9 Å². The van der Waals surface area contributed by atoms with Crippen LogP contribution in [-0.2, 0) is 4.74 Å². The van der Waals surface area contributed by atoms with Crippen LogP contribution >= 0.6 is 0 Å². The van der Waals surface area contributed by atoms with Crippen molar-refractivity contribution in [3.63, 3.8) is 0 Å². The number of hydrogen-bond acceptors (Lipinski definition) is 6. The molecule has 82 valence electrons. The van der Waals surface area contributed by atoms with Gasteiger partial charge in [-0.05, 0) is 22.6 Å². The van der Waals surface area contributed by atoms with Gasteiger partial charge < -0.3 is 9.47 Å². The van der Waals surface area contributed by atoms with E-state index in [1.54, 1.807) is 7.11 Å². The fraction of sp³-hybridized carbons (Fsp3) is 0.333.